The molecule has 0 bridgehead atoms. The predicted octanol–water partition coefficient (Wildman–Crippen LogP) is 1.85. The number of carboxylic acids is 1. The third-order valence-corrected chi connectivity index (χ3v) is 2.88. The van der Waals surface area contributed by atoms with Gasteiger partial charge in [-0.2, -0.15) is 0 Å². The molecule has 0 aliphatic carbocycles. The van der Waals surface area contributed by atoms with Crippen LogP contribution in [0.25, 0.3) is 0 Å². The van der Waals surface area contributed by atoms with Gasteiger partial charge < -0.3 is 15.7 Å². The number of halogens is 1. The summed E-state index contributed by atoms with van der Waals surface area (Å²) in [4.78, 5) is 23.9. The topological polar surface area (TPSA) is 83.6 Å². The first-order valence-electron chi connectivity index (χ1n) is 5.51. The van der Waals surface area contributed by atoms with Crippen molar-refractivity contribution in [2.45, 2.75) is 13.3 Å². The number of anilines is 1. The van der Waals surface area contributed by atoms with Gasteiger partial charge in [0.25, 0.3) is 5.91 Å². The molecule has 5 nitrogen and oxygen atoms in total. The van der Waals surface area contributed by atoms with Crippen LogP contribution < -0.4 is 10.6 Å². The third kappa shape index (κ3) is 3.73. The molecule has 0 saturated carbocycles. The van der Waals surface area contributed by atoms with Crippen LogP contribution in [0.3, 0.4) is 0 Å². The van der Waals surface area contributed by atoms with Crippen molar-refractivity contribution >= 4 is 33.5 Å². The highest BCUT2D eigenvalue weighted by Crippen LogP contribution is 2.24. The lowest BCUT2D eigenvalue weighted by molar-refractivity contribution is -0.135. The maximum Gasteiger partial charge on any atom is 0.323 e. The minimum absolute atomic E-state index is 0.157. The highest BCUT2D eigenvalue weighted by molar-refractivity contribution is 9.10. The molecule has 0 radical (unpaired) electrons. The van der Waals surface area contributed by atoms with Gasteiger partial charge in [-0.3, -0.25) is 9.59 Å². The first-order valence-corrected chi connectivity index (χ1v) is 6.31. The van der Waals surface area contributed by atoms with Crippen LogP contribution in [0, 0.1) is 0 Å². The molecule has 0 atom stereocenters. The Kier molecular flexibility index (Phi) is 5.15. The van der Waals surface area contributed by atoms with Crippen molar-refractivity contribution in [2.75, 3.05) is 18.0 Å². The number of hydrogen-bond donors (Lipinski definition) is 2. The molecule has 0 saturated heterocycles. The van der Waals surface area contributed by atoms with Crippen molar-refractivity contribution in [1.82, 2.24) is 0 Å². The van der Waals surface area contributed by atoms with Crippen molar-refractivity contribution in [1.29, 1.82) is 0 Å². The number of rotatable bonds is 6. The van der Waals surface area contributed by atoms with Crippen LogP contribution in [0.4, 0.5) is 5.69 Å². The summed E-state index contributed by atoms with van der Waals surface area (Å²) in [5.74, 6) is -1.51. The van der Waals surface area contributed by atoms with Crippen LogP contribution in [-0.4, -0.2) is 30.1 Å². The molecule has 3 N–H and O–H groups in total. The Bertz CT molecular complexity index is 463. The maximum absolute atomic E-state index is 11.4. The first-order chi connectivity index (χ1) is 8.45. The number of carbonyl (C=O) groups is 2. The third-order valence-electron chi connectivity index (χ3n) is 2.38. The van der Waals surface area contributed by atoms with Crippen molar-refractivity contribution in [3.63, 3.8) is 0 Å². The lowest BCUT2D eigenvalue weighted by atomic mass is 10.1. The van der Waals surface area contributed by atoms with Gasteiger partial charge in [0.2, 0.25) is 0 Å². The number of hydrogen-bond acceptors (Lipinski definition) is 3. The summed E-state index contributed by atoms with van der Waals surface area (Å²) in [5, 5.41) is 8.89. The molecule has 98 valence electrons. The Morgan fingerprint density at radius 3 is 2.61 bits per heavy atom. The summed E-state index contributed by atoms with van der Waals surface area (Å²) in [6.07, 6.45) is 0.779. The van der Waals surface area contributed by atoms with E-state index in [1.165, 1.54) is 0 Å². The van der Waals surface area contributed by atoms with Gasteiger partial charge in [-0.05, 0) is 24.6 Å². The number of nitrogens with zero attached hydrogens (tertiary/aromatic N) is 1. The maximum atomic E-state index is 11.4. The molecule has 0 aliphatic rings. The number of carbonyl (C=O) groups excluding carboxylic acids is 1. The number of amides is 1. The van der Waals surface area contributed by atoms with E-state index in [0.29, 0.717) is 17.8 Å². The van der Waals surface area contributed by atoms with Crippen molar-refractivity contribution in [2.24, 2.45) is 5.73 Å². The summed E-state index contributed by atoms with van der Waals surface area (Å²) in [6, 6.07) is 5.05. The Hall–Kier alpha value is -1.56. The molecule has 1 rings (SSSR count). The molecular formula is C12H15BrN2O3. The standard InChI is InChI=1S/C12H15BrN2O3/c1-2-5-15(7-11(16)17)10-4-3-8(13)6-9(10)12(14)18/h3-4,6H,2,5,7H2,1H3,(H2,14,18)(H,16,17). The van der Waals surface area contributed by atoms with E-state index in [2.05, 4.69) is 15.9 Å². The normalized spacial score (nSPS) is 10.1. The molecule has 6 heteroatoms. The molecule has 0 aromatic heterocycles. The fourth-order valence-corrected chi connectivity index (χ4v) is 2.06. The van der Waals surface area contributed by atoms with E-state index >= 15 is 0 Å². The molecule has 0 unspecified atom stereocenters. The number of carboxylic acid groups (broad SMARTS) is 1. The smallest absolute Gasteiger partial charge is 0.323 e. The molecule has 1 aromatic rings. The second kappa shape index (κ2) is 6.39. The van der Waals surface area contributed by atoms with E-state index in [-0.39, 0.29) is 6.54 Å². The summed E-state index contributed by atoms with van der Waals surface area (Å²) >= 11 is 3.26. The number of primary amides is 1. The molecule has 0 fully saturated rings. The van der Waals surface area contributed by atoms with Crippen molar-refractivity contribution in [3.8, 4) is 0 Å². The van der Waals surface area contributed by atoms with Crippen LogP contribution >= 0.6 is 15.9 Å². The summed E-state index contributed by atoms with van der Waals surface area (Å²) in [5.41, 5.74) is 6.18. The second-order valence-electron chi connectivity index (χ2n) is 3.84. The van der Waals surface area contributed by atoms with E-state index in [1.54, 1.807) is 23.1 Å². The quantitative estimate of drug-likeness (QED) is 0.839. The van der Waals surface area contributed by atoms with E-state index in [1.807, 2.05) is 6.92 Å². The largest absolute Gasteiger partial charge is 0.480 e. The first kappa shape index (κ1) is 14.5. The van der Waals surface area contributed by atoms with Crippen LogP contribution in [0.15, 0.2) is 22.7 Å². The van der Waals surface area contributed by atoms with Gasteiger partial charge in [0.15, 0.2) is 0 Å². The molecule has 0 heterocycles. The predicted molar refractivity (Wildman–Crippen MR) is 72.8 cm³/mol. The van der Waals surface area contributed by atoms with Gasteiger partial charge in [0.1, 0.15) is 6.54 Å². The van der Waals surface area contributed by atoms with Gasteiger partial charge in [-0.25, -0.2) is 0 Å². The number of aliphatic carboxylic acids is 1. The van der Waals surface area contributed by atoms with Crippen LogP contribution in [0.5, 0.6) is 0 Å². The highest BCUT2D eigenvalue weighted by atomic mass is 79.9. The van der Waals surface area contributed by atoms with E-state index in [9.17, 15) is 9.59 Å². The second-order valence-corrected chi connectivity index (χ2v) is 4.76. The SMILES string of the molecule is CCCN(CC(=O)O)c1ccc(Br)cc1C(N)=O. The van der Waals surface area contributed by atoms with Gasteiger partial charge >= 0.3 is 5.97 Å². The van der Waals surface area contributed by atoms with Crippen LogP contribution in [0.2, 0.25) is 0 Å². The minimum Gasteiger partial charge on any atom is -0.480 e. The zero-order chi connectivity index (χ0) is 13.7. The summed E-state index contributed by atoms with van der Waals surface area (Å²) in [7, 11) is 0. The molecule has 1 aromatic carbocycles. The van der Waals surface area contributed by atoms with Gasteiger partial charge in [-0.1, -0.05) is 22.9 Å². The Morgan fingerprint density at radius 1 is 1.44 bits per heavy atom. The zero-order valence-electron chi connectivity index (χ0n) is 10.0. The zero-order valence-corrected chi connectivity index (χ0v) is 11.6. The lowest BCUT2D eigenvalue weighted by Crippen LogP contribution is -2.32. The molecule has 1 amide bonds. The van der Waals surface area contributed by atoms with Crippen molar-refractivity contribution in [3.05, 3.63) is 28.2 Å². The van der Waals surface area contributed by atoms with E-state index in [4.69, 9.17) is 10.8 Å². The molecule has 0 aliphatic heterocycles. The van der Waals surface area contributed by atoms with E-state index in [0.717, 1.165) is 10.9 Å². The highest BCUT2D eigenvalue weighted by Gasteiger charge is 2.16. The Morgan fingerprint density at radius 2 is 2.11 bits per heavy atom. The average Bonchev–Trinajstić information content (AvgIpc) is 2.27. The average molecular weight is 315 g/mol. The number of benzene rings is 1. The fraction of sp³-hybridized carbons (Fsp3) is 0.333. The van der Waals surface area contributed by atoms with Crippen LogP contribution in [0.1, 0.15) is 23.7 Å². The number of nitrogens with two attached hydrogens (primary N) is 1. The molecule has 18 heavy (non-hydrogen) atoms. The lowest BCUT2D eigenvalue weighted by Gasteiger charge is -2.24. The van der Waals surface area contributed by atoms with Gasteiger partial charge in [0.05, 0.1) is 11.3 Å². The van der Waals surface area contributed by atoms with Crippen molar-refractivity contribution < 1.29 is 14.7 Å². The minimum atomic E-state index is -0.943. The Labute approximate surface area is 114 Å². The fourth-order valence-electron chi connectivity index (χ4n) is 1.70. The molecule has 0 spiro atoms. The van der Waals surface area contributed by atoms with Gasteiger partial charge in [-0.15, -0.1) is 0 Å². The van der Waals surface area contributed by atoms with E-state index < -0.39 is 11.9 Å². The summed E-state index contributed by atoms with van der Waals surface area (Å²) < 4.78 is 0.729. The Balaban J connectivity index is 3.17. The molecular weight excluding hydrogens is 300 g/mol. The van der Waals surface area contributed by atoms with Crippen LogP contribution in [-0.2, 0) is 4.79 Å². The van der Waals surface area contributed by atoms with Gasteiger partial charge in [0, 0.05) is 11.0 Å². The summed E-state index contributed by atoms with van der Waals surface area (Å²) in [6.45, 7) is 2.33. The monoisotopic (exact) mass is 314 g/mol.